The Morgan fingerprint density at radius 2 is 2.25 bits per heavy atom. The molecule has 16 heavy (non-hydrogen) atoms. The molecule has 1 aromatic heterocycles. The molecule has 1 heterocycles. The van der Waals surface area contributed by atoms with Gasteiger partial charge >= 0.3 is 0 Å². The minimum atomic E-state index is -0.143. The Bertz CT molecular complexity index is 516. The Kier molecular flexibility index (Phi) is 2.72. The maximum absolute atomic E-state index is 11.3. The highest BCUT2D eigenvalue weighted by Gasteiger charge is 2.14. The molecule has 0 fully saturated rings. The normalized spacial score (nSPS) is 10.1. The van der Waals surface area contributed by atoms with Crippen LogP contribution in [-0.2, 0) is 0 Å². The number of oxazole rings is 1. The van der Waals surface area contributed by atoms with E-state index in [1.807, 2.05) is 24.3 Å². The van der Waals surface area contributed by atoms with Crippen LogP contribution in [0.25, 0.3) is 11.3 Å². The number of benzene rings is 1. The fourth-order valence-corrected chi connectivity index (χ4v) is 1.47. The summed E-state index contributed by atoms with van der Waals surface area (Å²) in [6, 6.07) is 7.33. The molecule has 0 unspecified atom stereocenters. The van der Waals surface area contributed by atoms with Gasteiger partial charge in [0.1, 0.15) is 11.4 Å². The van der Waals surface area contributed by atoms with Crippen LogP contribution in [0, 0.1) is 0 Å². The minimum absolute atomic E-state index is 0.143. The largest absolute Gasteiger partial charge is 0.497 e. The molecule has 0 atom stereocenters. The third-order valence-electron chi connectivity index (χ3n) is 2.23. The molecule has 0 N–H and O–H groups in total. The van der Waals surface area contributed by atoms with Crippen LogP contribution in [0.1, 0.15) is 17.5 Å². The Hall–Kier alpha value is -2.10. The van der Waals surface area contributed by atoms with Crippen molar-refractivity contribution in [2.45, 2.75) is 6.92 Å². The minimum Gasteiger partial charge on any atom is -0.497 e. The van der Waals surface area contributed by atoms with Crippen molar-refractivity contribution < 1.29 is 13.9 Å². The van der Waals surface area contributed by atoms with E-state index in [0.717, 1.165) is 11.3 Å². The first kappa shape index (κ1) is 10.4. The summed E-state index contributed by atoms with van der Waals surface area (Å²) < 4.78 is 10.2. The van der Waals surface area contributed by atoms with Crippen LogP contribution >= 0.6 is 0 Å². The summed E-state index contributed by atoms with van der Waals surface area (Å²) >= 11 is 0. The summed E-state index contributed by atoms with van der Waals surface area (Å²) in [7, 11) is 1.59. The molecule has 1 aromatic carbocycles. The van der Waals surface area contributed by atoms with Gasteiger partial charge in [-0.3, -0.25) is 4.79 Å². The average molecular weight is 217 g/mol. The van der Waals surface area contributed by atoms with Crippen LogP contribution < -0.4 is 4.74 Å². The van der Waals surface area contributed by atoms with Crippen molar-refractivity contribution in [3.05, 3.63) is 36.4 Å². The Morgan fingerprint density at radius 1 is 1.44 bits per heavy atom. The van der Waals surface area contributed by atoms with Crippen molar-refractivity contribution in [2.75, 3.05) is 7.11 Å². The van der Waals surface area contributed by atoms with Gasteiger partial charge in [0.15, 0.2) is 17.9 Å². The monoisotopic (exact) mass is 217 g/mol. The molecule has 82 valence electrons. The first-order valence-electron chi connectivity index (χ1n) is 4.81. The predicted molar refractivity (Wildman–Crippen MR) is 58.5 cm³/mol. The van der Waals surface area contributed by atoms with E-state index in [1.54, 1.807) is 7.11 Å². The molecule has 0 radical (unpaired) electrons. The highest BCUT2D eigenvalue weighted by molar-refractivity contribution is 5.97. The van der Waals surface area contributed by atoms with E-state index in [0.29, 0.717) is 5.69 Å². The van der Waals surface area contributed by atoms with Crippen molar-refractivity contribution in [1.29, 1.82) is 0 Å². The number of hydrogen-bond acceptors (Lipinski definition) is 4. The summed E-state index contributed by atoms with van der Waals surface area (Å²) in [5.41, 5.74) is 1.35. The van der Waals surface area contributed by atoms with Crippen molar-refractivity contribution in [1.82, 2.24) is 4.98 Å². The number of carbonyl (C=O) groups is 1. The third-order valence-corrected chi connectivity index (χ3v) is 2.23. The zero-order valence-electron chi connectivity index (χ0n) is 9.06. The Labute approximate surface area is 92.9 Å². The number of ether oxygens (including phenoxy) is 1. The maximum atomic E-state index is 11.3. The molecule has 2 aromatic rings. The summed E-state index contributed by atoms with van der Waals surface area (Å²) in [4.78, 5) is 15.3. The lowest BCUT2D eigenvalue weighted by Crippen LogP contribution is -1.93. The van der Waals surface area contributed by atoms with E-state index in [-0.39, 0.29) is 11.5 Å². The van der Waals surface area contributed by atoms with Gasteiger partial charge in [-0.2, -0.15) is 0 Å². The van der Waals surface area contributed by atoms with Gasteiger partial charge in [-0.15, -0.1) is 0 Å². The quantitative estimate of drug-likeness (QED) is 0.741. The lowest BCUT2D eigenvalue weighted by molar-refractivity contribution is 0.0988. The smallest absolute Gasteiger partial charge is 0.197 e. The van der Waals surface area contributed by atoms with Crippen molar-refractivity contribution in [3.8, 4) is 17.0 Å². The molecule has 2 rings (SSSR count). The van der Waals surface area contributed by atoms with Crippen LogP contribution in [0.2, 0.25) is 0 Å². The molecule has 4 nitrogen and oxygen atoms in total. The van der Waals surface area contributed by atoms with E-state index < -0.39 is 0 Å². The van der Waals surface area contributed by atoms with E-state index in [1.165, 1.54) is 13.3 Å². The second-order valence-electron chi connectivity index (χ2n) is 3.32. The number of rotatable bonds is 3. The van der Waals surface area contributed by atoms with Crippen molar-refractivity contribution >= 4 is 5.78 Å². The molecule has 0 aliphatic carbocycles. The van der Waals surface area contributed by atoms with Gasteiger partial charge in [-0.1, -0.05) is 12.1 Å². The zero-order chi connectivity index (χ0) is 11.5. The Morgan fingerprint density at radius 3 is 2.94 bits per heavy atom. The van der Waals surface area contributed by atoms with Gasteiger partial charge in [0.25, 0.3) is 0 Å². The van der Waals surface area contributed by atoms with Gasteiger partial charge < -0.3 is 9.15 Å². The zero-order valence-corrected chi connectivity index (χ0v) is 9.06. The number of hydrogen-bond donors (Lipinski definition) is 0. The van der Waals surface area contributed by atoms with Gasteiger partial charge in [0.2, 0.25) is 0 Å². The lowest BCUT2D eigenvalue weighted by Gasteiger charge is -2.02. The molecule has 0 aliphatic heterocycles. The van der Waals surface area contributed by atoms with Crippen LogP contribution in [-0.4, -0.2) is 17.9 Å². The topological polar surface area (TPSA) is 52.3 Å². The number of methoxy groups -OCH3 is 1. The van der Waals surface area contributed by atoms with E-state index >= 15 is 0 Å². The van der Waals surface area contributed by atoms with Crippen molar-refractivity contribution in [3.63, 3.8) is 0 Å². The van der Waals surface area contributed by atoms with Gasteiger partial charge in [-0.25, -0.2) is 4.98 Å². The fraction of sp³-hybridized carbons (Fsp3) is 0.167. The number of aromatic nitrogens is 1. The lowest BCUT2D eigenvalue weighted by atomic mass is 10.1. The third kappa shape index (κ3) is 1.82. The van der Waals surface area contributed by atoms with Gasteiger partial charge in [0, 0.05) is 12.5 Å². The second-order valence-corrected chi connectivity index (χ2v) is 3.32. The summed E-state index contributed by atoms with van der Waals surface area (Å²) in [5, 5.41) is 0. The summed E-state index contributed by atoms with van der Waals surface area (Å²) in [5.74, 6) is 0.846. The molecule has 0 saturated carbocycles. The highest BCUT2D eigenvalue weighted by atomic mass is 16.5. The predicted octanol–water partition coefficient (Wildman–Crippen LogP) is 2.55. The van der Waals surface area contributed by atoms with E-state index in [4.69, 9.17) is 9.15 Å². The molecule has 0 spiro atoms. The molecular weight excluding hydrogens is 206 g/mol. The molecule has 0 aliphatic rings. The van der Waals surface area contributed by atoms with Crippen LogP contribution in [0.5, 0.6) is 5.75 Å². The summed E-state index contributed by atoms with van der Waals surface area (Å²) in [6.45, 7) is 1.45. The molecule has 0 bridgehead atoms. The standard InChI is InChI=1S/C12H11NO3/c1-8(14)12-11(13-7-16-12)9-4-3-5-10(6-9)15-2/h3-7H,1-2H3. The Balaban J connectivity index is 2.50. The SMILES string of the molecule is COc1cccc(-c2ncoc2C(C)=O)c1. The fourth-order valence-electron chi connectivity index (χ4n) is 1.47. The number of carbonyl (C=O) groups excluding carboxylic acids is 1. The highest BCUT2D eigenvalue weighted by Crippen LogP contribution is 2.25. The average Bonchev–Trinajstić information content (AvgIpc) is 2.78. The number of Topliss-reactive ketones (excluding diaryl/α,β-unsaturated/α-hetero) is 1. The van der Waals surface area contributed by atoms with E-state index in [2.05, 4.69) is 4.98 Å². The van der Waals surface area contributed by atoms with Gasteiger partial charge in [0.05, 0.1) is 7.11 Å². The molecular formula is C12H11NO3. The van der Waals surface area contributed by atoms with Crippen LogP contribution in [0.15, 0.2) is 35.1 Å². The maximum Gasteiger partial charge on any atom is 0.197 e. The first-order valence-corrected chi connectivity index (χ1v) is 4.81. The molecule has 4 heteroatoms. The van der Waals surface area contributed by atoms with Crippen LogP contribution in [0.4, 0.5) is 0 Å². The first-order chi connectivity index (χ1) is 7.72. The molecule has 0 saturated heterocycles. The summed E-state index contributed by atoms with van der Waals surface area (Å²) in [6.07, 6.45) is 1.27. The van der Waals surface area contributed by atoms with Crippen LogP contribution in [0.3, 0.4) is 0 Å². The molecule has 0 amide bonds. The second kappa shape index (κ2) is 4.18. The van der Waals surface area contributed by atoms with Crippen molar-refractivity contribution in [2.24, 2.45) is 0 Å². The van der Waals surface area contributed by atoms with Gasteiger partial charge in [-0.05, 0) is 12.1 Å². The number of nitrogens with zero attached hydrogens (tertiary/aromatic N) is 1. The number of ketones is 1. The van der Waals surface area contributed by atoms with E-state index in [9.17, 15) is 4.79 Å².